The first-order valence-electron chi connectivity index (χ1n) is 12.5. The van der Waals surface area contributed by atoms with Gasteiger partial charge in [-0.15, -0.1) is 0 Å². The fourth-order valence-corrected chi connectivity index (χ4v) is 5.45. The van der Waals surface area contributed by atoms with Crippen LogP contribution in [0.3, 0.4) is 0 Å². The average Bonchev–Trinajstić information content (AvgIpc) is 2.80. The van der Waals surface area contributed by atoms with E-state index >= 15 is 4.39 Å². The Labute approximate surface area is 187 Å². The molecule has 3 aromatic rings. The molecule has 1 heteroatoms. The van der Waals surface area contributed by atoms with Gasteiger partial charge in [0, 0.05) is 10.9 Å². The monoisotopic (exact) mass is 416 g/mol. The maximum absolute atomic E-state index is 15.3. The molecule has 0 amide bonds. The molecule has 0 aliphatic heterocycles. The smallest absolute Gasteiger partial charge is 0.138 e. The molecule has 1 aliphatic carbocycles. The summed E-state index contributed by atoms with van der Waals surface area (Å²) in [5, 5.41) is 1.72. The van der Waals surface area contributed by atoms with Gasteiger partial charge in [0.25, 0.3) is 0 Å². The van der Waals surface area contributed by atoms with Gasteiger partial charge in [-0.1, -0.05) is 113 Å². The highest BCUT2D eigenvalue weighted by molar-refractivity contribution is 5.88. The third-order valence-corrected chi connectivity index (χ3v) is 7.33. The van der Waals surface area contributed by atoms with Crippen LogP contribution in [0.15, 0.2) is 54.6 Å². The summed E-state index contributed by atoms with van der Waals surface area (Å²) in [5.74, 6) is 1.77. The van der Waals surface area contributed by atoms with E-state index in [1.165, 1.54) is 56.1 Å². The summed E-state index contributed by atoms with van der Waals surface area (Å²) in [5.41, 5.74) is 4.34. The van der Waals surface area contributed by atoms with Crippen molar-refractivity contribution in [3.63, 3.8) is 0 Å². The first-order valence-corrected chi connectivity index (χ1v) is 12.5. The minimum absolute atomic E-state index is 0.0999. The van der Waals surface area contributed by atoms with E-state index in [2.05, 4.69) is 56.3 Å². The van der Waals surface area contributed by atoms with Crippen molar-refractivity contribution in [1.29, 1.82) is 0 Å². The second kappa shape index (κ2) is 10.4. The van der Waals surface area contributed by atoms with Crippen molar-refractivity contribution in [2.45, 2.75) is 78.1 Å². The molecular formula is C30H37F. The second-order valence-electron chi connectivity index (χ2n) is 9.64. The van der Waals surface area contributed by atoms with E-state index in [1.807, 2.05) is 12.1 Å². The van der Waals surface area contributed by atoms with E-state index < -0.39 is 0 Å². The predicted molar refractivity (Wildman–Crippen MR) is 132 cm³/mol. The zero-order valence-electron chi connectivity index (χ0n) is 19.3. The van der Waals surface area contributed by atoms with Crippen LogP contribution in [0.25, 0.3) is 21.9 Å². The molecule has 0 N–H and O–H groups in total. The van der Waals surface area contributed by atoms with Gasteiger partial charge in [-0.2, -0.15) is 0 Å². The summed E-state index contributed by atoms with van der Waals surface area (Å²) in [6, 6.07) is 18.8. The number of hydrogen-bond donors (Lipinski definition) is 0. The molecule has 164 valence electrons. The Kier molecular flexibility index (Phi) is 7.43. The SMILES string of the molecule is CCCc1ccc2c(F)c(-c3ccc(CCC4CCC(CCC)CC4)cc3)ccc2c1. The minimum atomic E-state index is -0.0999. The summed E-state index contributed by atoms with van der Waals surface area (Å²) in [6.07, 6.45) is 13.0. The lowest BCUT2D eigenvalue weighted by Gasteiger charge is -2.28. The van der Waals surface area contributed by atoms with Crippen molar-refractivity contribution in [2.75, 3.05) is 0 Å². The predicted octanol–water partition coefficient (Wildman–Crippen LogP) is 9.14. The third kappa shape index (κ3) is 5.37. The number of halogens is 1. The number of rotatable bonds is 8. The Morgan fingerprint density at radius 2 is 1.39 bits per heavy atom. The topological polar surface area (TPSA) is 0 Å². The summed E-state index contributed by atoms with van der Waals surface area (Å²) < 4.78 is 15.3. The maximum atomic E-state index is 15.3. The first-order chi connectivity index (χ1) is 15.2. The van der Waals surface area contributed by atoms with Crippen molar-refractivity contribution in [1.82, 2.24) is 0 Å². The Morgan fingerprint density at radius 3 is 2.06 bits per heavy atom. The van der Waals surface area contributed by atoms with Crippen LogP contribution in [-0.2, 0) is 12.8 Å². The molecule has 0 radical (unpaired) electrons. The van der Waals surface area contributed by atoms with Crippen molar-refractivity contribution in [3.05, 3.63) is 71.5 Å². The Hall–Kier alpha value is -2.15. The summed E-state index contributed by atoms with van der Waals surface area (Å²) in [7, 11) is 0. The molecule has 0 nitrogen and oxygen atoms in total. The van der Waals surface area contributed by atoms with Gasteiger partial charge in [0.05, 0.1) is 0 Å². The number of hydrogen-bond acceptors (Lipinski definition) is 0. The number of fused-ring (bicyclic) bond motifs is 1. The molecule has 0 aromatic heterocycles. The van der Waals surface area contributed by atoms with Crippen LogP contribution in [0, 0.1) is 17.7 Å². The zero-order chi connectivity index (χ0) is 21.6. The van der Waals surface area contributed by atoms with Crippen LogP contribution < -0.4 is 0 Å². The van der Waals surface area contributed by atoms with Crippen LogP contribution >= 0.6 is 0 Å². The highest BCUT2D eigenvalue weighted by Gasteiger charge is 2.20. The molecule has 1 fully saturated rings. The van der Waals surface area contributed by atoms with Crippen LogP contribution in [0.1, 0.15) is 76.3 Å². The lowest BCUT2D eigenvalue weighted by molar-refractivity contribution is 0.252. The molecule has 0 bridgehead atoms. The molecule has 4 rings (SSSR count). The quantitative estimate of drug-likeness (QED) is 0.343. The van der Waals surface area contributed by atoms with Gasteiger partial charge >= 0.3 is 0 Å². The van der Waals surface area contributed by atoms with E-state index in [1.54, 1.807) is 0 Å². The summed E-state index contributed by atoms with van der Waals surface area (Å²) >= 11 is 0. The lowest BCUT2D eigenvalue weighted by Crippen LogP contribution is -2.15. The van der Waals surface area contributed by atoms with Crippen molar-refractivity contribution >= 4 is 10.8 Å². The standard InChI is InChI=1S/C30H37F/c1-3-5-22-7-9-23(10-8-22)11-12-24-13-16-26(17-14-24)28-20-18-27-21-25(6-4-2)15-19-29(27)30(28)31/h13-23H,3-12H2,1-2H3. The second-order valence-corrected chi connectivity index (χ2v) is 9.64. The van der Waals surface area contributed by atoms with Crippen LogP contribution in [0.2, 0.25) is 0 Å². The molecule has 0 spiro atoms. The van der Waals surface area contributed by atoms with Crippen molar-refractivity contribution < 1.29 is 4.39 Å². The Balaban J connectivity index is 1.40. The Bertz CT molecular complexity index is 977. The molecule has 3 aromatic carbocycles. The van der Waals surface area contributed by atoms with Crippen molar-refractivity contribution in [3.8, 4) is 11.1 Å². The average molecular weight is 417 g/mol. The van der Waals surface area contributed by atoms with Crippen LogP contribution in [-0.4, -0.2) is 0 Å². The molecule has 1 aliphatic rings. The molecule has 0 saturated heterocycles. The van der Waals surface area contributed by atoms with Crippen molar-refractivity contribution in [2.24, 2.45) is 11.8 Å². The molecule has 0 heterocycles. The van der Waals surface area contributed by atoms with Gasteiger partial charge in [-0.25, -0.2) is 4.39 Å². The first kappa shape index (κ1) is 22.1. The van der Waals surface area contributed by atoms with Gasteiger partial charge in [-0.05, 0) is 53.2 Å². The van der Waals surface area contributed by atoms with E-state index in [-0.39, 0.29) is 5.82 Å². The number of aryl methyl sites for hydroxylation is 2. The highest BCUT2D eigenvalue weighted by atomic mass is 19.1. The fourth-order valence-electron chi connectivity index (χ4n) is 5.45. The number of benzene rings is 3. The fraction of sp³-hybridized carbons (Fsp3) is 0.467. The van der Waals surface area contributed by atoms with Gasteiger partial charge < -0.3 is 0 Å². The largest absolute Gasteiger partial charge is 0.206 e. The van der Waals surface area contributed by atoms with Gasteiger partial charge in [0.1, 0.15) is 5.82 Å². The maximum Gasteiger partial charge on any atom is 0.138 e. The normalized spacial score (nSPS) is 19.1. The molecular weight excluding hydrogens is 379 g/mol. The van der Waals surface area contributed by atoms with E-state index in [0.717, 1.165) is 47.4 Å². The zero-order valence-corrected chi connectivity index (χ0v) is 19.3. The summed E-state index contributed by atoms with van der Waals surface area (Å²) in [4.78, 5) is 0. The van der Waals surface area contributed by atoms with Gasteiger partial charge in [0.15, 0.2) is 0 Å². The van der Waals surface area contributed by atoms with Gasteiger partial charge in [-0.3, -0.25) is 0 Å². The van der Waals surface area contributed by atoms with Crippen LogP contribution in [0.5, 0.6) is 0 Å². The molecule has 0 atom stereocenters. The van der Waals surface area contributed by atoms with Gasteiger partial charge in [0.2, 0.25) is 0 Å². The summed E-state index contributed by atoms with van der Waals surface area (Å²) in [6.45, 7) is 4.48. The lowest BCUT2D eigenvalue weighted by atomic mass is 9.78. The van der Waals surface area contributed by atoms with E-state index in [0.29, 0.717) is 5.56 Å². The minimum Gasteiger partial charge on any atom is -0.206 e. The van der Waals surface area contributed by atoms with E-state index in [9.17, 15) is 0 Å². The van der Waals surface area contributed by atoms with E-state index in [4.69, 9.17) is 0 Å². The molecule has 31 heavy (non-hydrogen) atoms. The molecule has 0 unspecified atom stereocenters. The van der Waals surface area contributed by atoms with Crippen LogP contribution in [0.4, 0.5) is 4.39 Å². The highest BCUT2D eigenvalue weighted by Crippen LogP contribution is 2.34. The Morgan fingerprint density at radius 1 is 0.710 bits per heavy atom. The molecule has 1 saturated carbocycles. The third-order valence-electron chi connectivity index (χ3n) is 7.33.